The number of aryl methyl sites for hydroxylation is 2. The second-order valence-corrected chi connectivity index (χ2v) is 5.32. The number of piperidine rings is 1. The van der Waals surface area contributed by atoms with Gasteiger partial charge in [0.25, 0.3) is 0 Å². The van der Waals surface area contributed by atoms with Crippen LogP contribution in [0.1, 0.15) is 24.0 Å². The Hall–Kier alpha value is -0.730. The van der Waals surface area contributed by atoms with E-state index in [-0.39, 0.29) is 0 Å². The number of hydrogen-bond donors (Lipinski definition) is 1. The van der Waals surface area contributed by atoms with Gasteiger partial charge < -0.3 is 10.1 Å². The quantitative estimate of drug-likeness (QED) is 0.892. The van der Waals surface area contributed by atoms with Gasteiger partial charge in [-0.2, -0.15) is 0 Å². The van der Waals surface area contributed by atoms with E-state index in [9.17, 15) is 0 Å². The number of rotatable bonds is 3. The minimum Gasteiger partial charge on any atom is -0.491 e. The zero-order valence-electron chi connectivity index (χ0n) is 10.6. The van der Waals surface area contributed by atoms with E-state index in [1.54, 1.807) is 0 Å². The molecule has 94 valence electrons. The lowest BCUT2D eigenvalue weighted by Crippen LogP contribution is -2.33. The van der Waals surface area contributed by atoms with Crippen molar-refractivity contribution in [2.45, 2.75) is 26.7 Å². The second kappa shape index (κ2) is 5.74. The summed E-state index contributed by atoms with van der Waals surface area (Å²) in [6.07, 6.45) is 2.49. The van der Waals surface area contributed by atoms with Gasteiger partial charge in [0, 0.05) is 12.5 Å². The molecule has 1 aliphatic heterocycles. The molecule has 2 nitrogen and oxygen atoms in total. The third-order valence-electron chi connectivity index (χ3n) is 3.24. The molecule has 17 heavy (non-hydrogen) atoms. The standard InChI is InChI=1S/C14H20ClNO/c1-10-6-11(2)14(13(15)7-10)17-9-12-4-3-5-16-8-12/h6-7,12,16H,3-5,8-9H2,1-2H3/t12-/m0/s1. The Kier molecular flexibility index (Phi) is 4.30. The van der Waals surface area contributed by atoms with Crippen LogP contribution in [0.5, 0.6) is 5.75 Å². The van der Waals surface area contributed by atoms with Crippen LogP contribution >= 0.6 is 11.6 Å². The fourth-order valence-electron chi connectivity index (χ4n) is 2.35. The Morgan fingerprint density at radius 3 is 2.88 bits per heavy atom. The Morgan fingerprint density at radius 1 is 1.41 bits per heavy atom. The van der Waals surface area contributed by atoms with E-state index in [1.807, 2.05) is 19.9 Å². The molecule has 0 amide bonds. The maximum atomic E-state index is 6.21. The molecule has 0 radical (unpaired) electrons. The summed E-state index contributed by atoms with van der Waals surface area (Å²) in [5, 5.41) is 4.12. The summed E-state index contributed by atoms with van der Waals surface area (Å²) in [5.41, 5.74) is 2.30. The molecule has 3 heteroatoms. The zero-order valence-corrected chi connectivity index (χ0v) is 11.3. The lowest BCUT2D eigenvalue weighted by Gasteiger charge is -2.23. The Bertz CT molecular complexity index is 363. The minimum atomic E-state index is 0.612. The highest BCUT2D eigenvalue weighted by Crippen LogP contribution is 2.30. The first-order valence-corrected chi connectivity index (χ1v) is 6.65. The molecular formula is C14H20ClNO. The molecule has 1 aromatic rings. The van der Waals surface area contributed by atoms with Gasteiger partial charge in [-0.15, -0.1) is 0 Å². The molecule has 0 unspecified atom stereocenters. The maximum Gasteiger partial charge on any atom is 0.140 e. The SMILES string of the molecule is Cc1cc(C)c(OC[C@H]2CCCNC2)c(Cl)c1. The predicted octanol–water partition coefficient (Wildman–Crippen LogP) is 3.34. The van der Waals surface area contributed by atoms with Crippen LogP contribution in [0, 0.1) is 19.8 Å². The number of halogens is 1. The van der Waals surface area contributed by atoms with Crippen molar-refractivity contribution in [2.24, 2.45) is 5.92 Å². The average molecular weight is 254 g/mol. The first-order chi connectivity index (χ1) is 8.16. The largest absolute Gasteiger partial charge is 0.491 e. The summed E-state index contributed by atoms with van der Waals surface area (Å²) in [6.45, 7) is 7.06. The molecule has 0 saturated carbocycles. The van der Waals surface area contributed by atoms with Gasteiger partial charge in [0.2, 0.25) is 0 Å². The van der Waals surface area contributed by atoms with Crippen LogP contribution in [0.2, 0.25) is 5.02 Å². The van der Waals surface area contributed by atoms with Crippen LogP contribution in [-0.2, 0) is 0 Å². The lowest BCUT2D eigenvalue weighted by atomic mass is 10.0. The van der Waals surface area contributed by atoms with Gasteiger partial charge in [-0.1, -0.05) is 17.7 Å². The molecule has 1 N–H and O–H groups in total. The topological polar surface area (TPSA) is 21.3 Å². The van der Waals surface area contributed by atoms with Gasteiger partial charge in [-0.25, -0.2) is 0 Å². The summed E-state index contributed by atoms with van der Waals surface area (Å²) < 4.78 is 5.89. The van der Waals surface area contributed by atoms with E-state index >= 15 is 0 Å². The van der Waals surface area contributed by atoms with Crippen LogP contribution in [0.25, 0.3) is 0 Å². The molecular weight excluding hydrogens is 234 g/mol. The molecule has 1 saturated heterocycles. The molecule has 0 aromatic heterocycles. The fraction of sp³-hybridized carbons (Fsp3) is 0.571. The van der Waals surface area contributed by atoms with Crippen molar-refractivity contribution < 1.29 is 4.74 Å². The average Bonchev–Trinajstić information content (AvgIpc) is 2.29. The molecule has 2 rings (SSSR count). The highest BCUT2D eigenvalue weighted by atomic mass is 35.5. The van der Waals surface area contributed by atoms with Crippen molar-refractivity contribution >= 4 is 11.6 Å². The van der Waals surface area contributed by atoms with Gasteiger partial charge in [0.15, 0.2) is 0 Å². The van der Waals surface area contributed by atoms with Gasteiger partial charge in [-0.3, -0.25) is 0 Å². The monoisotopic (exact) mass is 253 g/mol. The molecule has 0 aliphatic carbocycles. The Morgan fingerprint density at radius 2 is 2.24 bits per heavy atom. The van der Waals surface area contributed by atoms with E-state index in [1.165, 1.54) is 18.4 Å². The van der Waals surface area contributed by atoms with Crippen molar-refractivity contribution in [2.75, 3.05) is 19.7 Å². The number of hydrogen-bond acceptors (Lipinski definition) is 2. The van der Waals surface area contributed by atoms with E-state index < -0.39 is 0 Å². The predicted molar refractivity (Wildman–Crippen MR) is 72.0 cm³/mol. The first kappa shape index (κ1) is 12.7. The van der Waals surface area contributed by atoms with Crippen molar-refractivity contribution in [1.82, 2.24) is 5.32 Å². The van der Waals surface area contributed by atoms with Gasteiger partial charge >= 0.3 is 0 Å². The van der Waals surface area contributed by atoms with Crippen molar-refractivity contribution in [3.8, 4) is 5.75 Å². The van der Waals surface area contributed by atoms with E-state index in [0.29, 0.717) is 5.92 Å². The van der Waals surface area contributed by atoms with E-state index in [2.05, 4.69) is 11.4 Å². The Balaban J connectivity index is 1.98. The van der Waals surface area contributed by atoms with Gasteiger partial charge in [-0.05, 0) is 50.4 Å². The third-order valence-corrected chi connectivity index (χ3v) is 3.52. The maximum absolute atomic E-state index is 6.21. The lowest BCUT2D eigenvalue weighted by molar-refractivity contribution is 0.217. The summed E-state index contributed by atoms with van der Waals surface area (Å²) in [7, 11) is 0. The molecule has 1 atom stereocenters. The minimum absolute atomic E-state index is 0.612. The van der Waals surface area contributed by atoms with Crippen LogP contribution in [0.4, 0.5) is 0 Å². The number of benzene rings is 1. The summed E-state index contributed by atoms with van der Waals surface area (Å²) in [6, 6.07) is 4.07. The second-order valence-electron chi connectivity index (χ2n) is 4.92. The zero-order chi connectivity index (χ0) is 12.3. The fourth-order valence-corrected chi connectivity index (χ4v) is 2.73. The summed E-state index contributed by atoms with van der Waals surface area (Å²) in [4.78, 5) is 0. The molecule has 0 spiro atoms. The van der Waals surface area contributed by atoms with Gasteiger partial charge in [0.1, 0.15) is 5.75 Å². The molecule has 1 aromatic carbocycles. The highest BCUT2D eigenvalue weighted by Gasteiger charge is 2.15. The molecule has 0 bridgehead atoms. The van der Waals surface area contributed by atoms with Crippen LogP contribution in [-0.4, -0.2) is 19.7 Å². The third kappa shape index (κ3) is 3.36. The molecule has 1 aliphatic rings. The number of ether oxygens (including phenoxy) is 1. The first-order valence-electron chi connectivity index (χ1n) is 6.27. The van der Waals surface area contributed by atoms with E-state index in [0.717, 1.165) is 36.0 Å². The molecule has 1 fully saturated rings. The number of nitrogens with one attached hydrogen (secondary N) is 1. The summed E-state index contributed by atoms with van der Waals surface area (Å²) in [5.74, 6) is 1.46. The normalized spacial score (nSPS) is 20.3. The van der Waals surface area contributed by atoms with Crippen LogP contribution < -0.4 is 10.1 Å². The van der Waals surface area contributed by atoms with Crippen molar-refractivity contribution in [3.05, 3.63) is 28.3 Å². The van der Waals surface area contributed by atoms with E-state index in [4.69, 9.17) is 16.3 Å². The van der Waals surface area contributed by atoms with Crippen molar-refractivity contribution in [1.29, 1.82) is 0 Å². The Labute approximate surface area is 108 Å². The summed E-state index contributed by atoms with van der Waals surface area (Å²) >= 11 is 6.21. The van der Waals surface area contributed by atoms with Crippen LogP contribution in [0.3, 0.4) is 0 Å². The smallest absolute Gasteiger partial charge is 0.140 e. The van der Waals surface area contributed by atoms with Crippen LogP contribution in [0.15, 0.2) is 12.1 Å². The molecule has 1 heterocycles. The van der Waals surface area contributed by atoms with Gasteiger partial charge in [0.05, 0.1) is 11.6 Å². The highest BCUT2D eigenvalue weighted by molar-refractivity contribution is 6.32. The van der Waals surface area contributed by atoms with Crippen molar-refractivity contribution in [3.63, 3.8) is 0 Å².